The van der Waals surface area contributed by atoms with Crippen molar-refractivity contribution in [3.8, 4) is 0 Å². The Bertz CT molecular complexity index is 596. The maximum atomic E-state index is 11.5. The molecule has 1 unspecified atom stereocenters. The van der Waals surface area contributed by atoms with Crippen molar-refractivity contribution in [1.29, 1.82) is 0 Å². The van der Waals surface area contributed by atoms with Crippen LogP contribution in [-0.4, -0.2) is 55.0 Å². The lowest BCUT2D eigenvalue weighted by molar-refractivity contribution is -0.132. The Kier molecular flexibility index (Phi) is 8.59. The molecule has 1 saturated heterocycles. The largest absolute Gasteiger partial charge is 0.356 e. The number of hydrogen-bond acceptors (Lipinski definition) is 4. The number of rotatable bonds is 4. The minimum atomic E-state index is 0. The van der Waals surface area contributed by atoms with Crippen molar-refractivity contribution >= 4 is 47.2 Å². The van der Waals surface area contributed by atoms with Gasteiger partial charge in [-0.3, -0.25) is 9.79 Å². The van der Waals surface area contributed by atoms with Crippen LogP contribution in [0.1, 0.15) is 44.3 Å². The third-order valence-corrected chi connectivity index (χ3v) is 5.05. The Morgan fingerprint density at radius 1 is 1.48 bits per heavy atom. The third-order valence-electron chi connectivity index (χ3n) is 4.14. The van der Waals surface area contributed by atoms with E-state index in [0.29, 0.717) is 6.42 Å². The molecule has 6 nitrogen and oxygen atoms in total. The fraction of sp³-hybridized carbons (Fsp3) is 0.706. The van der Waals surface area contributed by atoms with E-state index in [0.717, 1.165) is 42.6 Å². The SMILES string of the molecule is CN=C(NCCc1nc(C(C)(C)C)cs1)NC1CCC(=O)N(C)C1.I. The van der Waals surface area contributed by atoms with Gasteiger partial charge < -0.3 is 15.5 Å². The van der Waals surface area contributed by atoms with Crippen molar-refractivity contribution in [3.05, 3.63) is 16.1 Å². The van der Waals surface area contributed by atoms with Gasteiger partial charge >= 0.3 is 0 Å². The highest BCUT2D eigenvalue weighted by atomic mass is 127. The molecule has 0 aromatic carbocycles. The van der Waals surface area contributed by atoms with Crippen molar-refractivity contribution in [3.63, 3.8) is 0 Å². The zero-order valence-electron chi connectivity index (χ0n) is 15.8. The molecule has 0 bridgehead atoms. The molecule has 0 saturated carbocycles. The van der Waals surface area contributed by atoms with Crippen LogP contribution in [0.5, 0.6) is 0 Å². The summed E-state index contributed by atoms with van der Waals surface area (Å²) in [7, 11) is 3.62. The lowest BCUT2D eigenvalue weighted by Crippen LogP contribution is -2.51. The van der Waals surface area contributed by atoms with Gasteiger partial charge in [0.05, 0.1) is 10.7 Å². The number of nitrogens with zero attached hydrogens (tertiary/aromatic N) is 3. The number of carbonyl (C=O) groups is 1. The minimum absolute atomic E-state index is 0. The van der Waals surface area contributed by atoms with Crippen LogP contribution in [0.3, 0.4) is 0 Å². The lowest BCUT2D eigenvalue weighted by Gasteiger charge is -2.31. The van der Waals surface area contributed by atoms with Gasteiger partial charge in [-0.25, -0.2) is 4.98 Å². The Hall–Kier alpha value is -0.900. The van der Waals surface area contributed by atoms with Gasteiger partial charge in [0.2, 0.25) is 5.91 Å². The van der Waals surface area contributed by atoms with Gasteiger partial charge in [-0.05, 0) is 6.42 Å². The molecular weight excluding hydrogens is 449 g/mol. The van der Waals surface area contributed by atoms with E-state index in [-0.39, 0.29) is 41.3 Å². The number of halogens is 1. The number of carbonyl (C=O) groups excluding carboxylic acids is 1. The van der Waals surface area contributed by atoms with E-state index in [2.05, 4.69) is 41.8 Å². The predicted octanol–water partition coefficient (Wildman–Crippen LogP) is 2.39. The summed E-state index contributed by atoms with van der Waals surface area (Å²) in [6.45, 7) is 8.06. The molecule has 1 fully saturated rings. The second-order valence-corrected chi connectivity index (χ2v) is 8.22. The number of nitrogens with one attached hydrogen (secondary N) is 2. The van der Waals surface area contributed by atoms with E-state index in [9.17, 15) is 4.79 Å². The van der Waals surface area contributed by atoms with Crippen molar-refractivity contribution in [2.45, 2.75) is 51.5 Å². The fourth-order valence-electron chi connectivity index (χ4n) is 2.58. The number of thiazole rings is 1. The highest BCUT2D eigenvalue weighted by Gasteiger charge is 2.23. The number of likely N-dealkylation sites (tertiary alicyclic amines) is 1. The van der Waals surface area contributed by atoms with E-state index < -0.39 is 0 Å². The minimum Gasteiger partial charge on any atom is -0.356 e. The number of piperidine rings is 1. The van der Waals surface area contributed by atoms with Crippen molar-refractivity contribution in [2.24, 2.45) is 4.99 Å². The fourth-order valence-corrected chi connectivity index (χ4v) is 3.60. The zero-order chi connectivity index (χ0) is 17.7. The second-order valence-electron chi connectivity index (χ2n) is 7.28. The second kappa shape index (κ2) is 9.70. The molecule has 1 atom stereocenters. The highest BCUT2D eigenvalue weighted by Crippen LogP contribution is 2.23. The quantitative estimate of drug-likeness (QED) is 0.396. The summed E-state index contributed by atoms with van der Waals surface area (Å²) in [6.07, 6.45) is 2.33. The normalized spacial score (nSPS) is 18.8. The molecule has 0 radical (unpaired) electrons. The lowest BCUT2D eigenvalue weighted by atomic mass is 9.93. The summed E-state index contributed by atoms with van der Waals surface area (Å²) >= 11 is 1.72. The summed E-state index contributed by atoms with van der Waals surface area (Å²) in [5.74, 6) is 1.00. The third kappa shape index (κ3) is 6.73. The average Bonchev–Trinajstić information content (AvgIpc) is 2.99. The first kappa shape index (κ1) is 22.1. The number of aliphatic imine (C=N–C) groups is 1. The van der Waals surface area contributed by atoms with Crippen molar-refractivity contribution < 1.29 is 4.79 Å². The van der Waals surface area contributed by atoms with Gasteiger partial charge in [-0.15, -0.1) is 35.3 Å². The topological polar surface area (TPSA) is 69.6 Å². The van der Waals surface area contributed by atoms with Crippen LogP contribution < -0.4 is 10.6 Å². The molecule has 1 aromatic rings. The summed E-state index contributed by atoms with van der Waals surface area (Å²) in [5, 5.41) is 10.0. The van der Waals surface area contributed by atoms with E-state index >= 15 is 0 Å². The Morgan fingerprint density at radius 2 is 2.20 bits per heavy atom. The monoisotopic (exact) mass is 479 g/mol. The van der Waals surface area contributed by atoms with Crippen molar-refractivity contribution in [1.82, 2.24) is 20.5 Å². The van der Waals surface area contributed by atoms with Gasteiger partial charge in [0, 0.05) is 56.9 Å². The summed E-state index contributed by atoms with van der Waals surface area (Å²) in [4.78, 5) is 22.3. The van der Waals surface area contributed by atoms with Crippen LogP contribution in [0.25, 0.3) is 0 Å². The molecule has 25 heavy (non-hydrogen) atoms. The van der Waals surface area contributed by atoms with Crippen LogP contribution in [0.4, 0.5) is 0 Å². The van der Waals surface area contributed by atoms with Gasteiger partial charge in [0.25, 0.3) is 0 Å². The van der Waals surface area contributed by atoms with Gasteiger partial charge in [-0.2, -0.15) is 0 Å². The first-order valence-electron chi connectivity index (χ1n) is 8.45. The zero-order valence-corrected chi connectivity index (χ0v) is 18.9. The number of amides is 1. The summed E-state index contributed by atoms with van der Waals surface area (Å²) < 4.78 is 0. The van der Waals surface area contributed by atoms with Crippen molar-refractivity contribution in [2.75, 3.05) is 27.2 Å². The molecule has 1 aliphatic rings. The Morgan fingerprint density at radius 3 is 2.76 bits per heavy atom. The van der Waals surface area contributed by atoms with Gasteiger partial charge in [0.1, 0.15) is 0 Å². The summed E-state index contributed by atoms with van der Waals surface area (Å²) in [5.41, 5.74) is 1.25. The molecule has 2 heterocycles. The number of aromatic nitrogens is 1. The number of likely N-dealkylation sites (N-methyl/N-ethyl adjacent to an activating group) is 1. The molecule has 2 N–H and O–H groups in total. The molecule has 0 spiro atoms. The molecule has 1 aromatic heterocycles. The Balaban J connectivity index is 0.00000312. The van der Waals surface area contributed by atoms with E-state index in [1.165, 1.54) is 0 Å². The summed E-state index contributed by atoms with van der Waals surface area (Å²) in [6, 6.07) is 0.256. The predicted molar refractivity (Wildman–Crippen MR) is 115 cm³/mol. The standard InChI is InChI=1S/C17H29N5OS.HI/c1-17(2,3)13-11-24-14(21-13)8-9-19-16(18-4)20-12-6-7-15(23)22(5)10-12;/h11-12H,6-10H2,1-5H3,(H2,18,19,20);1H. The molecule has 2 rings (SSSR count). The van der Waals surface area contributed by atoms with E-state index in [1.54, 1.807) is 23.3 Å². The van der Waals surface area contributed by atoms with Crippen LogP contribution in [-0.2, 0) is 16.6 Å². The van der Waals surface area contributed by atoms with Gasteiger partial charge in [0.15, 0.2) is 5.96 Å². The maximum Gasteiger partial charge on any atom is 0.222 e. The molecule has 0 aliphatic carbocycles. The van der Waals surface area contributed by atoms with Crippen LogP contribution in [0.2, 0.25) is 0 Å². The first-order valence-corrected chi connectivity index (χ1v) is 9.33. The number of hydrogen-bond donors (Lipinski definition) is 2. The molecule has 8 heteroatoms. The number of guanidine groups is 1. The molecule has 1 aliphatic heterocycles. The van der Waals surface area contributed by atoms with Crippen LogP contribution in [0, 0.1) is 0 Å². The van der Waals surface area contributed by atoms with Crippen LogP contribution in [0.15, 0.2) is 10.4 Å². The molecular formula is C17H30IN5OS. The Labute approximate surface area is 171 Å². The van der Waals surface area contributed by atoms with E-state index in [1.807, 2.05) is 7.05 Å². The van der Waals surface area contributed by atoms with E-state index in [4.69, 9.17) is 4.98 Å². The molecule has 142 valence electrons. The first-order chi connectivity index (χ1) is 11.3. The van der Waals surface area contributed by atoms with Crippen LogP contribution >= 0.6 is 35.3 Å². The highest BCUT2D eigenvalue weighted by molar-refractivity contribution is 14.0. The average molecular weight is 479 g/mol. The smallest absolute Gasteiger partial charge is 0.222 e. The maximum absolute atomic E-state index is 11.5. The molecule has 1 amide bonds. The van der Waals surface area contributed by atoms with Gasteiger partial charge in [-0.1, -0.05) is 20.8 Å².